The number of anilines is 1. The Morgan fingerprint density at radius 1 is 0.943 bits per heavy atom. The number of ether oxygens (including phenoxy) is 2. The zero-order chi connectivity index (χ0) is 25.5. The fraction of sp³-hybridized carbons (Fsp3) is 0.357. The van der Waals surface area contributed by atoms with Gasteiger partial charge in [-0.2, -0.15) is 0 Å². The second kappa shape index (κ2) is 11.9. The predicted molar refractivity (Wildman–Crippen MR) is 133 cm³/mol. The SMILES string of the molecule is Cc1ccc(C(c2ccc(F)cc2)[C@H](C)C(=O)Nc2cncc(F)c2OC[C@H](C)OC(C)C)cc1. The summed E-state index contributed by atoms with van der Waals surface area (Å²) in [6.45, 7) is 9.52. The Kier molecular flexibility index (Phi) is 8.93. The zero-order valence-electron chi connectivity index (χ0n) is 20.7. The van der Waals surface area contributed by atoms with Gasteiger partial charge >= 0.3 is 0 Å². The van der Waals surface area contributed by atoms with Crippen LogP contribution in [0.15, 0.2) is 60.9 Å². The lowest BCUT2D eigenvalue weighted by Gasteiger charge is -2.25. The molecule has 1 N–H and O–H groups in total. The van der Waals surface area contributed by atoms with Gasteiger partial charge in [0, 0.05) is 11.8 Å². The standard InChI is InChI=1S/C28H32F2N2O3/c1-17(2)35-19(4)16-34-27-24(30)14-31-15-25(27)32-28(33)20(5)26(21-8-6-18(3)7-9-21)22-10-12-23(29)13-11-22/h6-15,17,19-20,26H,16H2,1-5H3,(H,32,33)/t19-,20-,26?/m0/s1. The molecule has 3 aromatic rings. The van der Waals surface area contributed by atoms with Gasteiger partial charge < -0.3 is 14.8 Å². The molecule has 0 aliphatic heterocycles. The van der Waals surface area contributed by atoms with Crippen molar-refractivity contribution >= 4 is 11.6 Å². The first-order valence-corrected chi connectivity index (χ1v) is 11.7. The number of aromatic nitrogens is 1. The maximum absolute atomic E-state index is 14.6. The molecule has 0 fully saturated rings. The summed E-state index contributed by atoms with van der Waals surface area (Å²) in [7, 11) is 0. The van der Waals surface area contributed by atoms with Crippen LogP contribution in [0.5, 0.6) is 5.75 Å². The van der Waals surface area contributed by atoms with Gasteiger partial charge in [-0.1, -0.05) is 48.9 Å². The van der Waals surface area contributed by atoms with E-state index >= 15 is 0 Å². The highest BCUT2D eigenvalue weighted by atomic mass is 19.1. The first-order valence-electron chi connectivity index (χ1n) is 11.7. The van der Waals surface area contributed by atoms with Gasteiger partial charge in [-0.3, -0.25) is 9.78 Å². The minimum atomic E-state index is -0.680. The lowest BCUT2D eigenvalue weighted by atomic mass is 9.81. The Balaban J connectivity index is 1.85. The Bertz CT molecular complexity index is 1070. The van der Waals surface area contributed by atoms with E-state index in [1.807, 2.05) is 52.0 Å². The van der Waals surface area contributed by atoms with Gasteiger partial charge in [0.05, 0.1) is 24.6 Å². The van der Waals surface area contributed by atoms with Crippen molar-refractivity contribution in [2.45, 2.75) is 52.7 Å². The number of carbonyl (C=O) groups excluding carboxylic acids is 1. The smallest absolute Gasteiger partial charge is 0.228 e. The van der Waals surface area contributed by atoms with Gasteiger partial charge in [0.15, 0.2) is 11.6 Å². The molecule has 1 heterocycles. The third-order valence-corrected chi connectivity index (χ3v) is 5.66. The van der Waals surface area contributed by atoms with E-state index in [-0.39, 0.29) is 47.9 Å². The zero-order valence-corrected chi connectivity index (χ0v) is 20.7. The van der Waals surface area contributed by atoms with Crippen LogP contribution in [-0.4, -0.2) is 29.7 Å². The summed E-state index contributed by atoms with van der Waals surface area (Å²) < 4.78 is 39.5. The molecule has 0 bridgehead atoms. The number of pyridine rings is 1. The normalized spacial score (nSPS) is 13.8. The van der Waals surface area contributed by atoms with Crippen LogP contribution in [0.4, 0.5) is 14.5 Å². The molecule has 0 radical (unpaired) electrons. The van der Waals surface area contributed by atoms with E-state index in [1.165, 1.54) is 18.3 Å². The van der Waals surface area contributed by atoms with Crippen LogP contribution in [0.25, 0.3) is 0 Å². The van der Waals surface area contributed by atoms with E-state index in [2.05, 4.69) is 10.3 Å². The Hall–Kier alpha value is -3.32. The summed E-state index contributed by atoms with van der Waals surface area (Å²) in [6, 6.07) is 14.0. The molecule has 0 spiro atoms. The van der Waals surface area contributed by atoms with Crippen LogP contribution in [0.3, 0.4) is 0 Å². The molecule has 7 heteroatoms. The molecule has 2 aromatic carbocycles. The van der Waals surface area contributed by atoms with Gasteiger partial charge in [0.2, 0.25) is 5.91 Å². The van der Waals surface area contributed by atoms with E-state index < -0.39 is 11.7 Å². The van der Waals surface area contributed by atoms with E-state index in [0.717, 1.165) is 22.9 Å². The molecule has 1 unspecified atom stereocenters. The molecule has 0 saturated carbocycles. The van der Waals surface area contributed by atoms with Crippen molar-refractivity contribution in [2.75, 3.05) is 11.9 Å². The van der Waals surface area contributed by atoms with E-state index in [0.29, 0.717) is 0 Å². The number of hydrogen-bond donors (Lipinski definition) is 1. The average molecular weight is 483 g/mol. The summed E-state index contributed by atoms with van der Waals surface area (Å²) in [4.78, 5) is 17.2. The number of aryl methyl sites for hydroxylation is 1. The van der Waals surface area contributed by atoms with Gasteiger partial charge in [-0.15, -0.1) is 0 Å². The van der Waals surface area contributed by atoms with E-state index in [9.17, 15) is 13.6 Å². The van der Waals surface area contributed by atoms with Crippen LogP contribution in [-0.2, 0) is 9.53 Å². The maximum Gasteiger partial charge on any atom is 0.228 e. The van der Waals surface area contributed by atoms with Gasteiger partial charge in [-0.25, -0.2) is 8.78 Å². The lowest BCUT2D eigenvalue weighted by molar-refractivity contribution is -0.119. The number of carbonyl (C=O) groups is 1. The fourth-order valence-corrected chi connectivity index (χ4v) is 3.98. The van der Waals surface area contributed by atoms with Crippen molar-refractivity contribution in [3.63, 3.8) is 0 Å². The molecule has 0 aliphatic carbocycles. The van der Waals surface area contributed by atoms with Crippen molar-refractivity contribution in [1.82, 2.24) is 4.98 Å². The van der Waals surface area contributed by atoms with Crippen LogP contribution in [0, 0.1) is 24.5 Å². The van der Waals surface area contributed by atoms with Crippen molar-refractivity contribution in [3.8, 4) is 5.75 Å². The molecular weight excluding hydrogens is 450 g/mol. The first kappa shape index (κ1) is 26.3. The molecule has 5 nitrogen and oxygen atoms in total. The topological polar surface area (TPSA) is 60.5 Å². The van der Waals surface area contributed by atoms with Crippen LogP contribution < -0.4 is 10.1 Å². The molecule has 1 amide bonds. The van der Waals surface area contributed by atoms with Crippen molar-refractivity contribution < 1.29 is 23.0 Å². The van der Waals surface area contributed by atoms with Crippen LogP contribution in [0.2, 0.25) is 0 Å². The second-order valence-corrected chi connectivity index (χ2v) is 9.02. The average Bonchev–Trinajstić information content (AvgIpc) is 2.80. The fourth-order valence-electron chi connectivity index (χ4n) is 3.98. The number of hydrogen-bond acceptors (Lipinski definition) is 4. The predicted octanol–water partition coefficient (Wildman–Crippen LogP) is 6.27. The van der Waals surface area contributed by atoms with Gasteiger partial charge in [0.25, 0.3) is 0 Å². The van der Waals surface area contributed by atoms with Crippen molar-refractivity contribution in [2.24, 2.45) is 5.92 Å². The summed E-state index contributed by atoms with van der Waals surface area (Å²) in [5.41, 5.74) is 2.94. The molecule has 1 aromatic heterocycles. The Morgan fingerprint density at radius 3 is 2.14 bits per heavy atom. The van der Waals surface area contributed by atoms with Gasteiger partial charge in [0.1, 0.15) is 18.1 Å². The number of amides is 1. The van der Waals surface area contributed by atoms with Crippen LogP contribution in [0.1, 0.15) is 50.3 Å². The molecule has 186 valence electrons. The largest absolute Gasteiger partial charge is 0.486 e. The molecule has 3 rings (SSSR count). The summed E-state index contributed by atoms with van der Waals surface area (Å²) in [6.07, 6.45) is 2.13. The lowest BCUT2D eigenvalue weighted by Crippen LogP contribution is -2.27. The van der Waals surface area contributed by atoms with Crippen molar-refractivity contribution in [3.05, 3.63) is 89.2 Å². The van der Waals surface area contributed by atoms with Crippen LogP contribution >= 0.6 is 0 Å². The van der Waals surface area contributed by atoms with E-state index in [4.69, 9.17) is 9.47 Å². The number of nitrogens with zero attached hydrogens (tertiary/aromatic N) is 1. The highest BCUT2D eigenvalue weighted by Gasteiger charge is 2.28. The number of rotatable bonds is 10. The highest BCUT2D eigenvalue weighted by molar-refractivity contribution is 5.94. The molecule has 35 heavy (non-hydrogen) atoms. The number of nitrogens with one attached hydrogen (secondary N) is 1. The van der Waals surface area contributed by atoms with E-state index in [1.54, 1.807) is 19.1 Å². The maximum atomic E-state index is 14.6. The second-order valence-electron chi connectivity index (χ2n) is 9.02. The molecular formula is C28H32F2N2O3. The third-order valence-electron chi connectivity index (χ3n) is 5.66. The first-order chi connectivity index (χ1) is 16.7. The Morgan fingerprint density at radius 2 is 1.54 bits per heavy atom. The monoisotopic (exact) mass is 482 g/mol. The Labute approximate surface area is 205 Å². The number of halogens is 2. The van der Waals surface area contributed by atoms with Crippen molar-refractivity contribution in [1.29, 1.82) is 0 Å². The highest BCUT2D eigenvalue weighted by Crippen LogP contribution is 2.34. The minimum absolute atomic E-state index is 0.000999. The molecule has 0 aliphatic rings. The minimum Gasteiger partial charge on any atom is -0.486 e. The number of benzene rings is 2. The van der Waals surface area contributed by atoms with Gasteiger partial charge in [-0.05, 0) is 51.0 Å². The summed E-state index contributed by atoms with van der Waals surface area (Å²) >= 11 is 0. The quantitative estimate of drug-likeness (QED) is 0.370. The molecule has 3 atom stereocenters. The summed E-state index contributed by atoms with van der Waals surface area (Å²) in [5, 5.41) is 2.78. The third kappa shape index (κ3) is 7.09. The summed E-state index contributed by atoms with van der Waals surface area (Å²) in [5.74, 6) is -2.38. The molecule has 0 saturated heterocycles.